The predicted molar refractivity (Wildman–Crippen MR) is 128 cm³/mol. The molecule has 3 rings (SSSR count). The van der Waals surface area contributed by atoms with E-state index in [4.69, 9.17) is 19.3 Å². The van der Waals surface area contributed by atoms with Crippen molar-refractivity contribution in [2.45, 2.75) is 24.7 Å². The average Bonchev–Trinajstić information content (AvgIpc) is 2.83. The van der Waals surface area contributed by atoms with Gasteiger partial charge in [0.25, 0.3) is 10.0 Å². The fourth-order valence-electron chi connectivity index (χ4n) is 2.90. The number of ether oxygens (including phenoxy) is 3. The molecule has 0 saturated heterocycles. The second-order valence-electron chi connectivity index (χ2n) is 7.33. The second-order valence-corrected chi connectivity index (χ2v) is 9.01. The minimum absolute atomic E-state index is 0.143. The monoisotopic (exact) mass is 485 g/mol. The molecule has 0 aliphatic rings. The van der Waals surface area contributed by atoms with Crippen LogP contribution in [0.25, 0.3) is 0 Å². The lowest BCUT2D eigenvalue weighted by molar-refractivity contribution is 0.0696. The number of aromatic carboxylic acids is 1. The van der Waals surface area contributed by atoms with Crippen molar-refractivity contribution >= 4 is 21.7 Å². The molecule has 0 aliphatic carbocycles. The van der Waals surface area contributed by atoms with Gasteiger partial charge in [0.2, 0.25) is 0 Å². The van der Waals surface area contributed by atoms with Gasteiger partial charge in [-0.3, -0.25) is 4.72 Å². The zero-order valence-electron chi connectivity index (χ0n) is 18.8. The van der Waals surface area contributed by atoms with Crippen LogP contribution in [0, 0.1) is 0 Å². The molecule has 180 valence electrons. The molecule has 0 unspecified atom stereocenters. The first-order valence-electron chi connectivity index (χ1n) is 10.8. The van der Waals surface area contributed by atoms with Gasteiger partial charge in [0.15, 0.2) is 0 Å². The molecule has 0 radical (unpaired) electrons. The van der Waals surface area contributed by atoms with Gasteiger partial charge in [-0.05, 0) is 79.2 Å². The van der Waals surface area contributed by atoms with E-state index in [0.717, 1.165) is 12.8 Å². The van der Waals surface area contributed by atoms with Gasteiger partial charge in [-0.15, -0.1) is 0 Å². The highest BCUT2D eigenvalue weighted by atomic mass is 32.2. The summed E-state index contributed by atoms with van der Waals surface area (Å²) in [7, 11) is -3.73. The molecule has 34 heavy (non-hydrogen) atoms. The average molecular weight is 486 g/mol. The summed E-state index contributed by atoms with van der Waals surface area (Å²) in [4.78, 5) is 11.0. The van der Waals surface area contributed by atoms with Crippen LogP contribution in [0.1, 0.15) is 30.1 Å². The van der Waals surface area contributed by atoms with Crippen molar-refractivity contribution in [2.75, 3.05) is 24.5 Å². The molecule has 2 N–H and O–H groups in total. The van der Waals surface area contributed by atoms with E-state index < -0.39 is 16.0 Å². The van der Waals surface area contributed by atoms with Crippen molar-refractivity contribution in [3.05, 3.63) is 78.4 Å². The Morgan fingerprint density at radius 2 is 1.24 bits per heavy atom. The Morgan fingerprint density at radius 1 is 0.765 bits per heavy atom. The molecule has 3 aromatic carbocycles. The van der Waals surface area contributed by atoms with Crippen molar-refractivity contribution < 1.29 is 32.5 Å². The highest BCUT2D eigenvalue weighted by Crippen LogP contribution is 2.21. The third-order valence-corrected chi connectivity index (χ3v) is 6.13. The van der Waals surface area contributed by atoms with E-state index in [1.807, 2.05) is 0 Å². The van der Waals surface area contributed by atoms with E-state index in [-0.39, 0.29) is 23.7 Å². The Bertz CT molecular complexity index is 1160. The van der Waals surface area contributed by atoms with E-state index in [0.29, 0.717) is 29.5 Å². The number of hydrogen-bond acceptors (Lipinski definition) is 6. The Kier molecular flexibility index (Phi) is 8.75. The quantitative estimate of drug-likeness (QED) is 0.334. The van der Waals surface area contributed by atoms with Crippen molar-refractivity contribution in [3.63, 3.8) is 0 Å². The van der Waals surface area contributed by atoms with E-state index in [1.165, 1.54) is 24.3 Å². The van der Waals surface area contributed by atoms with Gasteiger partial charge in [-0.25, -0.2) is 13.2 Å². The minimum atomic E-state index is -3.73. The zero-order chi connectivity index (χ0) is 24.4. The smallest absolute Gasteiger partial charge is 0.335 e. The third-order valence-electron chi connectivity index (χ3n) is 4.73. The topological polar surface area (TPSA) is 111 Å². The Morgan fingerprint density at radius 3 is 1.74 bits per heavy atom. The molecule has 0 spiro atoms. The van der Waals surface area contributed by atoms with Gasteiger partial charge in [-0.2, -0.15) is 0 Å². The number of carbonyl (C=O) groups is 1. The number of carboxylic acids is 1. The van der Waals surface area contributed by atoms with E-state index in [1.54, 1.807) is 48.5 Å². The molecule has 0 heterocycles. The van der Waals surface area contributed by atoms with Crippen molar-refractivity contribution in [2.24, 2.45) is 0 Å². The summed E-state index contributed by atoms with van der Waals surface area (Å²) in [6, 6.07) is 18.9. The molecule has 0 aliphatic heterocycles. The molecule has 0 fully saturated rings. The lowest BCUT2D eigenvalue weighted by atomic mass is 10.2. The van der Waals surface area contributed by atoms with Crippen LogP contribution >= 0.6 is 0 Å². The summed E-state index contributed by atoms with van der Waals surface area (Å²) in [5.41, 5.74) is 0.596. The SMILES string of the molecule is CCCCOc1ccc(S(=O)(=O)Nc2ccc(OCCOc3ccc(C(=O)O)cc3)cc2)cc1. The number of benzene rings is 3. The molecule has 0 atom stereocenters. The first-order chi connectivity index (χ1) is 16.4. The van der Waals surface area contributed by atoms with Crippen molar-refractivity contribution in [1.82, 2.24) is 0 Å². The fraction of sp³-hybridized carbons (Fsp3) is 0.240. The van der Waals surface area contributed by atoms with Gasteiger partial charge in [0.1, 0.15) is 30.5 Å². The van der Waals surface area contributed by atoms with Gasteiger partial charge in [0, 0.05) is 5.69 Å². The van der Waals surface area contributed by atoms with E-state index in [2.05, 4.69) is 11.6 Å². The predicted octanol–water partition coefficient (Wildman–Crippen LogP) is 4.82. The Balaban J connectivity index is 1.46. The first-order valence-corrected chi connectivity index (χ1v) is 12.3. The summed E-state index contributed by atoms with van der Waals surface area (Å²) in [6.07, 6.45) is 1.97. The number of hydrogen-bond donors (Lipinski definition) is 2. The van der Waals surface area contributed by atoms with E-state index in [9.17, 15) is 13.2 Å². The second kappa shape index (κ2) is 11.9. The van der Waals surface area contributed by atoms with Crippen LogP contribution in [-0.2, 0) is 10.0 Å². The highest BCUT2D eigenvalue weighted by molar-refractivity contribution is 7.92. The fourth-order valence-corrected chi connectivity index (χ4v) is 3.95. The number of nitrogens with one attached hydrogen (secondary N) is 1. The number of rotatable bonds is 13. The molecule has 3 aromatic rings. The van der Waals surface area contributed by atoms with Crippen LogP contribution in [0.5, 0.6) is 17.2 Å². The van der Waals surface area contributed by atoms with Crippen LogP contribution in [-0.4, -0.2) is 39.3 Å². The third kappa shape index (κ3) is 7.41. The van der Waals surface area contributed by atoms with Crippen LogP contribution in [0.2, 0.25) is 0 Å². The minimum Gasteiger partial charge on any atom is -0.494 e. The highest BCUT2D eigenvalue weighted by Gasteiger charge is 2.14. The zero-order valence-corrected chi connectivity index (χ0v) is 19.6. The molecule has 0 amide bonds. The molecule has 8 nitrogen and oxygen atoms in total. The number of anilines is 1. The summed E-state index contributed by atoms with van der Waals surface area (Å²) in [5, 5.41) is 8.90. The Hall–Kier alpha value is -3.72. The maximum absolute atomic E-state index is 12.6. The number of carboxylic acid groups (broad SMARTS) is 1. The number of sulfonamides is 1. The van der Waals surface area contributed by atoms with Gasteiger partial charge in [-0.1, -0.05) is 13.3 Å². The molecule has 0 bridgehead atoms. The normalized spacial score (nSPS) is 11.0. The largest absolute Gasteiger partial charge is 0.494 e. The van der Waals surface area contributed by atoms with Gasteiger partial charge >= 0.3 is 5.97 Å². The van der Waals surface area contributed by atoms with Crippen LogP contribution in [0.15, 0.2) is 77.7 Å². The molecular weight excluding hydrogens is 458 g/mol. The van der Waals surface area contributed by atoms with E-state index >= 15 is 0 Å². The van der Waals surface area contributed by atoms with Crippen LogP contribution in [0.3, 0.4) is 0 Å². The molecule has 0 saturated carbocycles. The summed E-state index contributed by atoms with van der Waals surface area (Å²) in [6.45, 7) is 3.20. The summed E-state index contributed by atoms with van der Waals surface area (Å²) < 4.78 is 44.5. The maximum atomic E-state index is 12.6. The first kappa shape index (κ1) is 24.9. The molecule has 9 heteroatoms. The number of unbranched alkanes of at least 4 members (excludes halogenated alkanes) is 1. The van der Waals surface area contributed by atoms with Crippen LogP contribution in [0.4, 0.5) is 5.69 Å². The van der Waals surface area contributed by atoms with Crippen LogP contribution < -0.4 is 18.9 Å². The maximum Gasteiger partial charge on any atom is 0.335 e. The van der Waals surface area contributed by atoms with Gasteiger partial charge < -0.3 is 19.3 Å². The Labute approximate surface area is 199 Å². The summed E-state index contributed by atoms with van der Waals surface area (Å²) >= 11 is 0. The lowest BCUT2D eigenvalue weighted by Gasteiger charge is -2.11. The summed E-state index contributed by atoms with van der Waals surface area (Å²) in [5.74, 6) is 0.737. The lowest BCUT2D eigenvalue weighted by Crippen LogP contribution is -2.13. The molecule has 0 aromatic heterocycles. The van der Waals surface area contributed by atoms with Crippen molar-refractivity contribution in [1.29, 1.82) is 0 Å². The molecular formula is C25H27NO7S. The standard InChI is InChI=1S/C25H27NO7S/c1-2-3-16-31-23-12-14-24(15-13-23)34(29,30)26-20-6-10-22(11-7-20)33-18-17-32-21-8-4-19(5-9-21)25(27)28/h4-15,26H,2-3,16-18H2,1H3,(H,27,28). The van der Waals surface area contributed by atoms with Gasteiger partial charge in [0.05, 0.1) is 17.1 Å². The van der Waals surface area contributed by atoms with Crippen molar-refractivity contribution in [3.8, 4) is 17.2 Å².